The van der Waals surface area contributed by atoms with Crippen LogP contribution in [0.15, 0.2) is 0 Å². The van der Waals surface area contributed by atoms with Gasteiger partial charge in [-0.25, -0.2) is 4.98 Å². The van der Waals surface area contributed by atoms with Crippen molar-refractivity contribution in [3.8, 4) is 0 Å². The van der Waals surface area contributed by atoms with Gasteiger partial charge in [0.2, 0.25) is 0 Å². The van der Waals surface area contributed by atoms with E-state index in [4.69, 9.17) is 0 Å². The minimum atomic E-state index is -4.29. The second-order valence-electron chi connectivity index (χ2n) is 4.46. The Morgan fingerprint density at radius 2 is 2.05 bits per heavy atom. The van der Waals surface area contributed by atoms with Crippen LogP contribution in [0.1, 0.15) is 42.3 Å². The number of nitrogens with one attached hydrogen (secondary N) is 1. The highest BCUT2D eigenvalue weighted by Gasteiger charge is 2.27. The maximum Gasteiger partial charge on any atom is 0.411 e. The summed E-state index contributed by atoms with van der Waals surface area (Å²) in [6.45, 7) is 6.26. The second-order valence-corrected chi connectivity index (χ2v) is 5.63. The van der Waals surface area contributed by atoms with Crippen molar-refractivity contribution >= 4 is 11.3 Å². The number of hydrogen-bond donors (Lipinski definition) is 1. The molecule has 110 valence electrons. The Balaban J connectivity index is 2.64. The molecule has 1 heterocycles. The van der Waals surface area contributed by atoms with Gasteiger partial charge in [0, 0.05) is 11.4 Å². The molecule has 0 aliphatic rings. The molecule has 1 aromatic heterocycles. The van der Waals surface area contributed by atoms with Gasteiger partial charge < -0.3 is 10.1 Å². The molecule has 7 heteroatoms. The average molecular weight is 296 g/mol. The van der Waals surface area contributed by atoms with Gasteiger partial charge in [-0.2, -0.15) is 13.2 Å². The SMILES string of the molecule is CCNCc1sc(COCC(F)(F)F)nc1C(C)C. The number of nitrogens with zero attached hydrogens (tertiary/aromatic N) is 1. The molecule has 0 spiro atoms. The lowest BCUT2D eigenvalue weighted by atomic mass is 10.1. The Labute approximate surface area is 115 Å². The summed E-state index contributed by atoms with van der Waals surface area (Å²) in [5, 5.41) is 3.80. The van der Waals surface area contributed by atoms with E-state index in [1.54, 1.807) is 0 Å². The van der Waals surface area contributed by atoms with E-state index in [0.29, 0.717) is 11.6 Å². The van der Waals surface area contributed by atoms with Crippen LogP contribution in [0.2, 0.25) is 0 Å². The van der Waals surface area contributed by atoms with Crippen molar-refractivity contribution in [1.29, 1.82) is 0 Å². The zero-order valence-electron chi connectivity index (χ0n) is 11.3. The van der Waals surface area contributed by atoms with E-state index >= 15 is 0 Å². The normalized spacial score (nSPS) is 12.4. The summed E-state index contributed by atoms with van der Waals surface area (Å²) < 4.78 is 40.6. The molecule has 0 saturated heterocycles. The van der Waals surface area contributed by atoms with E-state index in [-0.39, 0.29) is 12.5 Å². The van der Waals surface area contributed by atoms with Crippen molar-refractivity contribution in [2.45, 2.75) is 46.0 Å². The molecule has 1 N–H and O–H groups in total. The molecule has 0 fully saturated rings. The molecule has 19 heavy (non-hydrogen) atoms. The quantitative estimate of drug-likeness (QED) is 0.837. The number of rotatable bonds is 7. The lowest BCUT2D eigenvalue weighted by molar-refractivity contribution is -0.176. The largest absolute Gasteiger partial charge is 0.411 e. The van der Waals surface area contributed by atoms with Crippen LogP contribution in [0, 0.1) is 0 Å². The lowest BCUT2D eigenvalue weighted by Gasteiger charge is -2.05. The molecule has 0 saturated carbocycles. The average Bonchev–Trinajstić information content (AvgIpc) is 2.68. The third-order valence-corrected chi connectivity index (χ3v) is 3.39. The highest BCUT2D eigenvalue weighted by atomic mass is 32.1. The van der Waals surface area contributed by atoms with Gasteiger partial charge in [-0.05, 0) is 12.5 Å². The number of alkyl halides is 3. The molecule has 0 amide bonds. The minimum absolute atomic E-state index is 0.0873. The molecule has 0 radical (unpaired) electrons. The maximum absolute atomic E-state index is 12.0. The fourth-order valence-corrected chi connectivity index (χ4v) is 2.68. The zero-order valence-corrected chi connectivity index (χ0v) is 12.1. The van der Waals surface area contributed by atoms with Crippen LogP contribution in [0.4, 0.5) is 13.2 Å². The first kappa shape index (κ1) is 16.4. The Morgan fingerprint density at radius 1 is 1.37 bits per heavy atom. The summed E-state index contributed by atoms with van der Waals surface area (Å²) in [4.78, 5) is 5.44. The van der Waals surface area contributed by atoms with Gasteiger partial charge in [0.05, 0.1) is 12.3 Å². The molecular formula is C12H19F3N2OS. The van der Waals surface area contributed by atoms with E-state index < -0.39 is 12.8 Å². The predicted molar refractivity (Wildman–Crippen MR) is 69.3 cm³/mol. The summed E-state index contributed by atoms with van der Waals surface area (Å²) in [6.07, 6.45) is -4.29. The van der Waals surface area contributed by atoms with Gasteiger partial charge in [0.1, 0.15) is 11.6 Å². The summed E-state index contributed by atoms with van der Waals surface area (Å²) in [5.74, 6) is 0.251. The number of thiazole rings is 1. The maximum atomic E-state index is 12.0. The Hall–Kier alpha value is -0.660. The van der Waals surface area contributed by atoms with Gasteiger partial charge in [0.25, 0.3) is 0 Å². The molecular weight excluding hydrogens is 277 g/mol. The number of hydrogen-bond acceptors (Lipinski definition) is 4. The predicted octanol–water partition coefficient (Wildman–Crippen LogP) is 3.45. The van der Waals surface area contributed by atoms with E-state index in [1.807, 2.05) is 20.8 Å². The Morgan fingerprint density at radius 3 is 2.58 bits per heavy atom. The monoisotopic (exact) mass is 296 g/mol. The smallest absolute Gasteiger partial charge is 0.365 e. The molecule has 1 aromatic rings. The second kappa shape index (κ2) is 7.21. The highest BCUT2D eigenvalue weighted by molar-refractivity contribution is 7.11. The summed E-state index contributed by atoms with van der Waals surface area (Å²) >= 11 is 1.41. The third kappa shape index (κ3) is 5.88. The van der Waals surface area contributed by atoms with Crippen LogP contribution in [0.25, 0.3) is 0 Å². The van der Waals surface area contributed by atoms with Crippen molar-refractivity contribution in [3.63, 3.8) is 0 Å². The molecule has 0 aromatic carbocycles. The van der Waals surface area contributed by atoms with Crippen molar-refractivity contribution in [2.24, 2.45) is 0 Å². The number of halogens is 3. The van der Waals surface area contributed by atoms with Gasteiger partial charge in [-0.15, -0.1) is 11.3 Å². The van der Waals surface area contributed by atoms with Crippen molar-refractivity contribution in [1.82, 2.24) is 10.3 Å². The number of ether oxygens (including phenoxy) is 1. The summed E-state index contributed by atoms with van der Waals surface area (Å²) in [5.41, 5.74) is 0.941. The minimum Gasteiger partial charge on any atom is -0.365 e. The molecule has 1 rings (SSSR count). The first-order valence-corrected chi connectivity index (χ1v) is 6.98. The van der Waals surface area contributed by atoms with Crippen LogP contribution < -0.4 is 5.32 Å². The topological polar surface area (TPSA) is 34.1 Å². The van der Waals surface area contributed by atoms with Gasteiger partial charge in [0.15, 0.2) is 0 Å². The van der Waals surface area contributed by atoms with E-state index in [1.165, 1.54) is 11.3 Å². The summed E-state index contributed by atoms with van der Waals surface area (Å²) in [6, 6.07) is 0. The summed E-state index contributed by atoms with van der Waals surface area (Å²) in [7, 11) is 0. The Kier molecular flexibility index (Phi) is 6.22. The third-order valence-electron chi connectivity index (χ3n) is 2.35. The molecule has 0 bridgehead atoms. The first-order chi connectivity index (χ1) is 8.83. The zero-order chi connectivity index (χ0) is 14.5. The van der Waals surface area contributed by atoms with Crippen LogP contribution in [-0.2, 0) is 17.9 Å². The molecule has 0 aliphatic heterocycles. The van der Waals surface area contributed by atoms with Crippen LogP contribution >= 0.6 is 11.3 Å². The van der Waals surface area contributed by atoms with Crippen molar-refractivity contribution in [2.75, 3.05) is 13.2 Å². The molecule has 0 unspecified atom stereocenters. The van der Waals surface area contributed by atoms with Crippen LogP contribution in [-0.4, -0.2) is 24.3 Å². The fraction of sp³-hybridized carbons (Fsp3) is 0.750. The van der Waals surface area contributed by atoms with E-state index in [9.17, 15) is 13.2 Å². The first-order valence-electron chi connectivity index (χ1n) is 6.17. The van der Waals surface area contributed by atoms with Crippen molar-refractivity contribution in [3.05, 3.63) is 15.6 Å². The van der Waals surface area contributed by atoms with Gasteiger partial charge in [-0.3, -0.25) is 0 Å². The fourth-order valence-electron chi connectivity index (χ4n) is 1.55. The van der Waals surface area contributed by atoms with E-state index in [2.05, 4.69) is 15.0 Å². The molecule has 3 nitrogen and oxygen atoms in total. The van der Waals surface area contributed by atoms with Crippen LogP contribution in [0.5, 0.6) is 0 Å². The van der Waals surface area contributed by atoms with Crippen molar-refractivity contribution < 1.29 is 17.9 Å². The highest BCUT2D eigenvalue weighted by Crippen LogP contribution is 2.26. The molecule has 0 aliphatic carbocycles. The standard InChI is InChI=1S/C12H19F3N2OS/c1-4-16-5-9-11(8(2)3)17-10(19-9)6-18-7-12(13,14)15/h8,16H,4-7H2,1-3H3. The van der Waals surface area contributed by atoms with Crippen LogP contribution in [0.3, 0.4) is 0 Å². The van der Waals surface area contributed by atoms with Gasteiger partial charge >= 0.3 is 6.18 Å². The Bertz CT molecular complexity index is 391. The number of aromatic nitrogens is 1. The molecule has 0 atom stereocenters. The van der Waals surface area contributed by atoms with E-state index in [0.717, 1.165) is 17.1 Å². The van der Waals surface area contributed by atoms with Gasteiger partial charge in [-0.1, -0.05) is 20.8 Å². The lowest BCUT2D eigenvalue weighted by Crippen LogP contribution is -2.16.